The van der Waals surface area contributed by atoms with Gasteiger partial charge >= 0.3 is 0 Å². The van der Waals surface area contributed by atoms with Crippen LogP contribution in [0.5, 0.6) is 0 Å². The molecular weight excluding hydrogens is 298 g/mol. The molecule has 1 aliphatic carbocycles. The molecule has 0 unspecified atom stereocenters. The van der Waals surface area contributed by atoms with Crippen molar-refractivity contribution in [3.05, 3.63) is 47.6 Å². The summed E-state index contributed by atoms with van der Waals surface area (Å²) >= 11 is 0. The van der Waals surface area contributed by atoms with Crippen molar-refractivity contribution < 1.29 is 4.52 Å². The SMILES string of the molecule is CCC(CC)(c1ccccc1)c1nc(C2(N)CCC2)no1.Cl. The summed E-state index contributed by atoms with van der Waals surface area (Å²) < 4.78 is 5.65. The van der Waals surface area contributed by atoms with Crippen molar-refractivity contribution in [3.8, 4) is 0 Å². The molecule has 2 aromatic rings. The van der Waals surface area contributed by atoms with Crippen molar-refractivity contribution in [3.63, 3.8) is 0 Å². The van der Waals surface area contributed by atoms with E-state index in [1.807, 2.05) is 6.07 Å². The second-order valence-electron chi connectivity index (χ2n) is 6.09. The van der Waals surface area contributed by atoms with E-state index in [0.717, 1.165) is 32.1 Å². The van der Waals surface area contributed by atoms with E-state index in [-0.39, 0.29) is 23.4 Å². The van der Waals surface area contributed by atoms with Crippen LogP contribution in [0.2, 0.25) is 0 Å². The monoisotopic (exact) mass is 321 g/mol. The maximum Gasteiger partial charge on any atom is 0.237 e. The highest BCUT2D eigenvalue weighted by atomic mass is 35.5. The van der Waals surface area contributed by atoms with E-state index in [1.165, 1.54) is 5.56 Å². The molecular formula is C17H24ClN3O. The summed E-state index contributed by atoms with van der Waals surface area (Å²) in [5.74, 6) is 1.37. The summed E-state index contributed by atoms with van der Waals surface area (Å²) in [7, 11) is 0. The number of nitrogens with two attached hydrogens (primary N) is 1. The van der Waals surface area contributed by atoms with Crippen LogP contribution in [0.3, 0.4) is 0 Å². The molecule has 5 heteroatoms. The summed E-state index contributed by atoms with van der Waals surface area (Å²) in [6.45, 7) is 4.34. The predicted octanol–water partition coefficient (Wildman–Crippen LogP) is 3.94. The van der Waals surface area contributed by atoms with Crippen LogP contribution in [-0.2, 0) is 11.0 Å². The van der Waals surface area contributed by atoms with Gasteiger partial charge in [0.1, 0.15) is 0 Å². The highest BCUT2D eigenvalue weighted by Gasteiger charge is 2.42. The summed E-state index contributed by atoms with van der Waals surface area (Å²) in [6.07, 6.45) is 4.89. The Labute approximate surface area is 137 Å². The molecule has 0 bridgehead atoms. The Morgan fingerprint density at radius 3 is 2.32 bits per heavy atom. The first-order valence-corrected chi connectivity index (χ1v) is 7.84. The lowest BCUT2D eigenvalue weighted by Crippen LogP contribution is -2.44. The first-order valence-electron chi connectivity index (χ1n) is 7.84. The minimum Gasteiger partial charge on any atom is -0.338 e. The third kappa shape index (κ3) is 2.55. The fourth-order valence-corrected chi connectivity index (χ4v) is 3.24. The molecule has 0 saturated heterocycles. The highest BCUT2D eigenvalue weighted by molar-refractivity contribution is 5.85. The van der Waals surface area contributed by atoms with Crippen molar-refractivity contribution >= 4 is 12.4 Å². The van der Waals surface area contributed by atoms with Gasteiger partial charge in [-0.15, -0.1) is 12.4 Å². The molecule has 0 aliphatic heterocycles. The van der Waals surface area contributed by atoms with Crippen LogP contribution in [-0.4, -0.2) is 10.1 Å². The van der Waals surface area contributed by atoms with E-state index in [0.29, 0.717) is 11.7 Å². The minimum absolute atomic E-state index is 0. The molecule has 120 valence electrons. The summed E-state index contributed by atoms with van der Waals surface area (Å²) in [4.78, 5) is 4.69. The van der Waals surface area contributed by atoms with E-state index >= 15 is 0 Å². The van der Waals surface area contributed by atoms with Crippen molar-refractivity contribution in [1.29, 1.82) is 0 Å². The van der Waals surface area contributed by atoms with Gasteiger partial charge in [0, 0.05) is 0 Å². The van der Waals surface area contributed by atoms with Gasteiger partial charge in [-0.2, -0.15) is 4.98 Å². The number of hydrogen-bond acceptors (Lipinski definition) is 4. The fourth-order valence-electron chi connectivity index (χ4n) is 3.24. The lowest BCUT2D eigenvalue weighted by Gasteiger charge is -2.34. The van der Waals surface area contributed by atoms with Gasteiger partial charge < -0.3 is 10.3 Å². The van der Waals surface area contributed by atoms with Gasteiger partial charge in [-0.05, 0) is 37.7 Å². The Hall–Kier alpha value is -1.39. The quantitative estimate of drug-likeness (QED) is 0.906. The number of benzene rings is 1. The van der Waals surface area contributed by atoms with Crippen LogP contribution < -0.4 is 5.73 Å². The van der Waals surface area contributed by atoms with Crippen LogP contribution >= 0.6 is 12.4 Å². The van der Waals surface area contributed by atoms with Crippen molar-refractivity contribution in [2.24, 2.45) is 5.73 Å². The molecule has 0 radical (unpaired) electrons. The third-order valence-electron chi connectivity index (χ3n) is 5.06. The number of aromatic nitrogens is 2. The second-order valence-corrected chi connectivity index (χ2v) is 6.09. The first-order chi connectivity index (χ1) is 10.1. The maximum atomic E-state index is 6.32. The lowest BCUT2D eigenvalue weighted by atomic mass is 9.75. The summed E-state index contributed by atoms with van der Waals surface area (Å²) in [6, 6.07) is 10.4. The van der Waals surface area contributed by atoms with Gasteiger partial charge in [0.15, 0.2) is 5.82 Å². The van der Waals surface area contributed by atoms with Crippen LogP contribution in [0.25, 0.3) is 0 Å². The molecule has 1 aromatic heterocycles. The van der Waals surface area contributed by atoms with Gasteiger partial charge in [-0.1, -0.05) is 49.3 Å². The highest BCUT2D eigenvalue weighted by Crippen LogP contribution is 2.41. The molecule has 1 saturated carbocycles. The molecule has 0 amide bonds. The van der Waals surface area contributed by atoms with E-state index in [9.17, 15) is 0 Å². The van der Waals surface area contributed by atoms with Crippen molar-refractivity contribution in [2.45, 2.75) is 56.9 Å². The predicted molar refractivity (Wildman–Crippen MR) is 89.1 cm³/mol. The van der Waals surface area contributed by atoms with E-state index in [1.54, 1.807) is 0 Å². The third-order valence-corrected chi connectivity index (χ3v) is 5.06. The van der Waals surface area contributed by atoms with Crippen LogP contribution in [0.4, 0.5) is 0 Å². The molecule has 1 aliphatic rings. The molecule has 2 N–H and O–H groups in total. The van der Waals surface area contributed by atoms with Crippen molar-refractivity contribution in [1.82, 2.24) is 10.1 Å². The van der Waals surface area contributed by atoms with Crippen LogP contribution in [0, 0.1) is 0 Å². The molecule has 1 fully saturated rings. The number of halogens is 1. The number of nitrogens with zero attached hydrogens (tertiary/aromatic N) is 2. The average molecular weight is 322 g/mol. The van der Waals surface area contributed by atoms with E-state index in [2.05, 4.69) is 43.3 Å². The second kappa shape index (κ2) is 6.39. The Morgan fingerprint density at radius 2 is 1.82 bits per heavy atom. The molecule has 1 aromatic carbocycles. The van der Waals surface area contributed by atoms with E-state index < -0.39 is 0 Å². The van der Waals surface area contributed by atoms with Gasteiger partial charge in [-0.3, -0.25) is 0 Å². The zero-order chi connectivity index (χ0) is 14.9. The molecule has 22 heavy (non-hydrogen) atoms. The molecule has 4 nitrogen and oxygen atoms in total. The zero-order valence-electron chi connectivity index (χ0n) is 13.2. The summed E-state index contributed by atoms with van der Waals surface area (Å²) in [5.41, 5.74) is 6.96. The van der Waals surface area contributed by atoms with Crippen molar-refractivity contribution in [2.75, 3.05) is 0 Å². The molecule has 0 spiro atoms. The number of rotatable bonds is 5. The molecule has 1 heterocycles. The van der Waals surface area contributed by atoms with E-state index in [4.69, 9.17) is 15.2 Å². The maximum absolute atomic E-state index is 6.32. The first kappa shape index (κ1) is 17.0. The number of hydrogen-bond donors (Lipinski definition) is 1. The van der Waals surface area contributed by atoms with Gasteiger partial charge in [0.2, 0.25) is 5.89 Å². The normalized spacial score (nSPS) is 16.7. The Balaban J connectivity index is 0.00000176. The Morgan fingerprint density at radius 1 is 1.18 bits per heavy atom. The zero-order valence-corrected chi connectivity index (χ0v) is 14.0. The molecule has 0 atom stereocenters. The van der Waals surface area contributed by atoms with Crippen LogP contribution in [0.1, 0.15) is 63.2 Å². The summed E-state index contributed by atoms with van der Waals surface area (Å²) in [5, 5.41) is 4.19. The molecule has 3 rings (SSSR count). The Bertz CT molecular complexity index is 603. The topological polar surface area (TPSA) is 64.9 Å². The van der Waals surface area contributed by atoms with Gasteiger partial charge in [-0.25, -0.2) is 0 Å². The smallest absolute Gasteiger partial charge is 0.237 e. The van der Waals surface area contributed by atoms with Crippen LogP contribution in [0.15, 0.2) is 34.9 Å². The van der Waals surface area contributed by atoms with Gasteiger partial charge in [0.05, 0.1) is 11.0 Å². The van der Waals surface area contributed by atoms with Gasteiger partial charge in [0.25, 0.3) is 0 Å². The fraction of sp³-hybridized carbons (Fsp3) is 0.529. The standard InChI is InChI=1S/C17H23N3O.ClH/c1-3-16(4-2,13-9-6-5-7-10-13)15-19-14(20-21-15)17(18)11-8-12-17;/h5-7,9-10H,3-4,8,11-12,18H2,1-2H3;1H. The minimum atomic E-state index is -0.369. The lowest BCUT2D eigenvalue weighted by molar-refractivity contribution is 0.227. The Kier molecular flexibility index (Phi) is 4.93. The average Bonchev–Trinajstić information content (AvgIpc) is 2.99. The largest absolute Gasteiger partial charge is 0.338 e.